The van der Waals surface area contributed by atoms with Gasteiger partial charge in [-0.1, -0.05) is 43.0 Å². The second-order valence-corrected chi connectivity index (χ2v) is 3.70. The summed E-state index contributed by atoms with van der Waals surface area (Å²) in [6.45, 7) is 5.59. The van der Waals surface area contributed by atoms with Crippen LogP contribution in [0.1, 0.15) is 25.3 Å². The monoisotopic (exact) mass is 216 g/mol. The first kappa shape index (κ1) is 12.2. The van der Waals surface area contributed by atoms with Gasteiger partial charge in [0.05, 0.1) is 0 Å². The highest BCUT2D eigenvalue weighted by atomic mass is 16.4. The number of carboxylic acid groups (broad SMARTS) is 1. The summed E-state index contributed by atoms with van der Waals surface area (Å²) in [4.78, 5) is 10.6. The molecule has 1 rings (SSSR count). The van der Waals surface area contributed by atoms with Crippen molar-refractivity contribution in [1.29, 1.82) is 0 Å². The molecule has 0 spiro atoms. The van der Waals surface area contributed by atoms with Crippen LogP contribution < -0.4 is 0 Å². The van der Waals surface area contributed by atoms with Crippen LogP contribution in [0.3, 0.4) is 0 Å². The Morgan fingerprint density at radius 2 is 2.00 bits per heavy atom. The zero-order valence-corrected chi connectivity index (χ0v) is 9.44. The van der Waals surface area contributed by atoms with E-state index in [0.29, 0.717) is 12.0 Å². The maximum atomic E-state index is 10.6. The Hall–Kier alpha value is -1.83. The van der Waals surface area contributed by atoms with Gasteiger partial charge in [0.15, 0.2) is 0 Å². The fourth-order valence-corrected chi connectivity index (χ4v) is 1.37. The lowest BCUT2D eigenvalue weighted by molar-refractivity contribution is -0.132. The van der Waals surface area contributed by atoms with Crippen molar-refractivity contribution in [2.75, 3.05) is 0 Å². The van der Waals surface area contributed by atoms with E-state index < -0.39 is 5.97 Å². The summed E-state index contributed by atoms with van der Waals surface area (Å²) in [6, 6.07) is 9.93. The normalized spacial score (nSPS) is 11.2. The number of carboxylic acids is 1. The minimum atomic E-state index is -0.856. The average molecular weight is 216 g/mol. The van der Waals surface area contributed by atoms with Gasteiger partial charge in [0, 0.05) is 5.57 Å². The third kappa shape index (κ3) is 3.73. The molecule has 0 fully saturated rings. The predicted octanol–water partition coefficient (Wildman–Crippen LogP) is 3.51. The van der Waals surface area contributed by atoms with Gasteiger partial charge >= 0.3 is 5.97 Å². The number of allylic oxidation sites excluding steroid dienone is 2. The van der Waals surface area contributed by atoms with Crippen molar-refractivity contribution in [1.82, 2.24) is 0 Å². The predicted molar refractivity (Wildman–Crippen MR) is 66.1 cm³/mol. The zero-order valence-electron chi connectivity index (χ0n) is 9.44. The van der Waals surface area contributed by atoms with Crippen LogP contribution in [0.2, 0.25) is 0 Å². The fraction of sp³-hybridized carbons (Fsp3) is 0.214. The maximum absolute atomic E-state index is 10.6. The van der Waals surface area contributed by atoms with E-state index in [1.165, 1.54) is 0 Å². The Balaban J connectivity index is 2.49. The molecule has 2 nitrogen and oxygen atoms in total. The highest BCUT2D eigenvalue weighted by Gasteiger charge is 2.00. The molecule has 0 aliphatic rings. The molecule has 1 aromatic carbocycles. The molecule has 0 saturated heterocycles. The Morgan fingerprint density at radius 3 is 2.56 bits per heavy atom. The minimum absolute atomic E-state index is 0.390. The smallest absolute Gasteiger partial charge is 0.330 e. The lowest BCUT2D eigenvalue weighted by Crippen LogP contribution is -1.95. The van der Waals surface area contributed by atoms with Crippen molar-refractivity contribution in [3.8, 4) is 0 Å². The first-order valence-corrected chi connectivity index (χ1v) is 5.24. The highest BCUT2D eigenvalue weighted by molar-refractivity contribution is 5.85. The lowest BCUT2D eigenvalue weighted by Gasteiger charge is -2.03. The van der Waals surface area contributed by atoms with Crippen molar-refractivity contribution in [3.05, 3.63) is 54.1 Å². The van der Waals surface area contributed by atoms with Gasteiger partial charge in [-0.3, -0.25) is 0 Å². The van der Waals surface area contributed by atoms with Crippen LogP contribution in [-0.4, -0.2) is 11.1 Å². The molecule has 0 amide bonds. The van der Waals surface area contributed by atoms with Crippen LogP contribution >= 0.6 is 0 Å². The Labute approximate surface area is 95.9 Å². The van der Waals surface area contributed by atoms with Crippen LogP contribution in [-0.2, 0) is 4.79 Å². The van der Waals surface area contributed by atoms with Crippen molar-refractivity contribution in [2.45, 2.75) is 19.8 Å². The molecule has 2 heteroatoms. The summed E-state index contributed by atoms with van der Waals surface area (Å²) in [6.07, 6.45) is 3.23. The van der Waals surface area contributed by atoms with Gasteiger partial charge in [0.1, 0.15) is 0 Å². The Kier molecular flexibility index (Phi) is 4.52. The van der Waals surface area contributed by atoms with Crippen LogP contribution in [0.25, 0.3) is 5.57 Å². The molecular weight excluding hydrogens is 200 g/mol. The second-order valence-electron chi connectivity index (χ2n) is 3.70. The van der Waals surface area contributed by atoms with Crippen molar-refractivity contribution in [3.63, 3.8) is 0 Å². The molecule has 0 atom stereocenters. The maximum Gasteiger partial charge on any atom is 0.330 e. The molecule has 16 heavy (non-hydrogen) atoms. The van der Waals surface area contributed by atoms with E-state index in [2.05, 4.69) is 6.58 Å². The SMILES string of the molecule is C=C(CCC=C(C)C(=O)O)c1ccccc1. The third-order valence-electron chi connectivity index (χ3n) is 2.42. The third-order valence-corrected chi connectivity index (χ3v) is 2.42. The molecule has 0 aliphatic heterocycles. The molecule has 0 aliphatic carbocycles. The standard InChI is InChI=1S/C14H16O2/c1-11(13-9-4-3-5-10-13)7-6-8-12(2)14(15)16/h3-5,8-10H,1,6-7H2,2H3,(H,15,16). The van der Waals surface area contributed by atoms with E-state index >= 15 is 0 Å². The van der Waals surface area contributed by atoms with E-state index in [0.717, 1.165) is 17.6 Å². The van der Waals surface area contributed by atoms with Crippen LogP contribution in [0.15, 0.2) is 48.6 Å². The van der Waals surface area contributed by atoms with Gasteiger partial charge in [0.2, 0.25) is 0 Å². The van der Waals surface area contributed by atoms with Gasteiger partial charge in [0.25, 0.3) is 0 Å². The summed E-state index contributed by atoms with van der Waals surface area (Å²) < 4.78 is 0. The number of hydrogen-bond donors (Lipinski definition) is 1. The second kappa shape index (κ2) is 5.91. The molecule has 0 aromatic heterocycles. The quantitative estimate of drug-likeness (QED) is 0.765. The number of rotatable bonds is 5. The van der Waals surface area contributed by atoms with E-state index in [9.17, 15) is 4.79 Å². The number of benzene rings is 1. The molecular formula is C14H16O2. The molecule has 1 N–H and O–H groups in total. The Bertz CT molecular complexity index is 402. The molecule has 0 bridgehead atoms. The minimum Gasteiger partial charge on any atom is -0.478 e. The fourth-order valence-electron chi connectivity index (χ4n) is 1.37. The van der Waals surface area contributed by atoms with E-state index in [-0.39, 0.29) is 0 Å². The summed E-state index contributed by atoms with van der Waals surface area (Å²) in [5.41, 5.74) is 2.54. The van der Waals surface area contributed by atoms with Crippen LogP contribution in [0.4, 0.5) is 0 Å². The van der Waals surface area contributed by atoms with Gasteiger partial charge in [-0.25, -0.2) is 4.79 Å². The molecule has 1 aromatic rings. The summed E-state index contributed by atoms with van der Waals surface area (Å²) in [7, 11) is 0. The van der Waals surface area contributed by atoms with Gasteiger partial charge in [-0.2, -0.15) is 0 Å². The molecule has 84 valence electrons. The molecule has 0 radical (unpaired) electrons. The topological polar surface area (TPSA) is 37.3 Å². The number of aliphatic carboxylic acids is 1. The van der Waals surface area contributed by atoms with Crippen LogP contribution in [0.5, 0.6) is 0 Å². The van der Waals surface area contributed by atoms with Gasteiger partial charge < -0.3 is 5.11 Å². The molecule has 0 saturated carbocycles. The van der Waals surface area contributed by atoms with E-state index in [1.807, 2.05) is 30.3 Å². The summed E-state index contributed by atoms with van der Waals surface area (Å²) in [5.74, 6) is -0.856. The number of hydrogen-bond acceptors (Lipinski definition) is 1. The largest absolute Gasteiger partial charge is 0.478 e. The molecule has 0 heterocycles. The lowest BCUT2D eigenvalue weighted by atomic mass is 10.0. The first-order chi connectivity index (χ1) is 7.61. The number of carbonyl (C=O) groups is 1. The highest BCUT2D eigenvalue weighted by Crippen LogP contribution is 2.17. The van der Waals surface area contributed by atoms with Gasteiger partial charge in [-0.05, 0) is 30.9 Å². The summed E-state index contributed by atoms with van der Waals surface area (Å²) in [5, 5.41) is 8.67. The first-order valence-electron chi connectivity index (χ1n) is 5.24. The van der Waals surface area contributed by atoms with Crippen molar-refractivity contribution in [2.24, 2.45) is 0 Å². The van der Waals surface area contributed by atoms with Gasteiger partial charge in [-0.15, -0.1) is 0 Å². The van der Waals surface area contributed by atoms with E-state index in [4.69, 9.17) is 5.11 Å². The van der Waals surface area contributed by atoms with E-state index in [1.54, 1.807) is 13.0 Å². The van der Waals surface area contributed by atoms with Crippen molar-refractivity contribution >= 4 is 11.5 Å². The average Bonchev–Trinajstić information content (AvgIpc) is 2.29. The zero-order chi connectivity index (χ0) is 12.0. The molecule has 0 unspecified atom stereocenters. The van der Waals surface area contributed by atoms with Crippen molar-refractivity contribution < 1.29 is 9.90 Å². The van der Waals surface area contributed by atoms with Crippen LogP contribution in [0, 0.1) is 0 Å². The Morgan fingerprint density at radius 1 is 1.38 bits per heavy atom. The summed E-state index contributed by atoms with van der Waals surface area (Å²) >= 11 is 0.